The number of aryl methyl sites for hydroxylation is 1. The molecule has 0 saturated carbocycles. The molecule has 2 N–H and O–H groups in total. The van der Waals surface area contributed by atoms with E-state index in [0.29, 0.717) is 23.2 Å². The molecule has 0 aliphatic rings. The van der Waals surface area contributed by atoms with Gasteiger partial charge in [-0.1, -0.05) is 18.2 Å². The van der Waals surface area contributed by atoms with Crippen molar-refractivity contribution in [1.29, 1.82) is 0 Å². The average molecular weight is 252 g/mol. The van der Waals surface area contributed by atoms with Crippen LogP contribution in [-0.4, -0.2) is 22.0 Å². The Morgan fingerprint density at radius 1 is 1.26 bits per heavy atom. The Labute approximate surface area is 109 Å². The Morgan fingerprint density at radius 2 is 2.11 bits per heavy atom. The normalized spacial score (nSPS) is 10.8. The molecule has 4 nitrogen and oxygen atoms in total. The van der Waals surface area contributed by atoms with Gasteiger partial charge in [0, 0.05) is 22.7 Å². The van der Waals surface area contributed by atoms with E-state index in [4.69, 9.17) is 0 Å². The van der Waals surface area contributed by atoms with Crippen LogP contribution in [0, 0.1) is 6.92 Å². The molecule has 0 unspecified atom stereocenters. The Morgan fingerprint density at radius 3 is 2.79 bits per heavy atom. The molecule has 3 rings (SSSR count). The van der Waals surface area contributed by atoms with Crippen LogP contribution in [0.15, 0.2) is 36.5 Å². The largest absolute Gasteiger partial charge is 0.358 e. The number of hydrogen-bond acceptors (Lipinski definition) is 2. The van der Waals surface area contributed by atoms with Crippen molar-refractivity contribution in [3.63, 3.8) is 0 Å². The van der Waals surface area contributed by atoms with Crippen LogP contribution in [-0.2, 0) is 0 Å². The molecule has 19 heavy (non-hydrogen) atoms. The minimum absolute atomic E-state index is 0.125. The summed E-state index contributed by atoms with van der Waals surface area (Å²) < 4.78 is 0. The Kier molecular flexibility index (Phi) is 2.56. The molecule has 0 radical (unpaired) electrons. The summed E-state index contributed by atoms with van der Waals surface area (Å²) in [6.07, 6.45) is 2.23. The van der Waals surface area contributed by atoms with E-state index in [1.807, 2.05) is 31.2 Å². The number of carbonyl (C=O) groups excluding carboxylic acids is 2. The molecule has 0 amide bonds. The predicted molar refractivity (Wildman–Crippen MR) is 72.6 cm³/mol. The van der Waals surface area contributed by atoms with Crippen LogP contribution in [0.4, 0.5) is 0 Å². The van der Waals surface area contributed by atoms with Crippen molar-refractivity contribution in [2.24, 2.45) is 0 Å². The number of aromatic nitrogens is 2. The van der Waals surface area contributed by atoms with Crippen molar-refractivity contribution in [3.8, 4) is 0 Å². The van der Waals surface area contributed by atoms with E-state index in [0.717, 1.165) is 16.5 Å². The van der Waals surface area contributed by atoms with Gasteiger partial charge >= 0.3 is 0 Å². The molecule has 0 spiro atoms. The van der Waals surface area contributed by atoms with Gasteiger partial charge < -0.3 is 9.97 Å². The first kappa shape index (κ1) is 11.5. The molecule has 0 bridgehead atoms. The molecule has 2 aromatic heterocycles. The molecule has 3 aromatic rings. The highest BCUT2D eigenvalue weighted by atomic mass is 16.1. The van der Waals surface area contributed by atoms with Crippen molar-refractivity contribution in [1.82, 2.24) is 9.97 Å². The Balaban J connectivity index is 2.06. The highest BCUT2D eigenvalue weighted by Crippen LogP contribution is 2.20. The lowest BCUT2D eigenvalue weighted by molar-refractivity contribution is 0.103. The fraction of sp³-hybridized carbons (Fsp3) is 0.0667. The Bertz CT molecular complexity index is 780. The van der Waals surface area contributed by atoms with Crippen LogP contribution in [0.3, 0.4) is 0 Å². The van der Waals surface area contributed by atoms with E-state index in [-0.39, 0.29) is 5.78 Å². The summed E-state index contributed by atoms with van der Waals surface area (Å²) in [6, 6.07) is 9.30. The van der Waals surface area contributed by atoms with Gasteiger partial charge in [0.05, 0.1) is 11.4 Å². The zero-order chi connectivity index (χ0) is 13.4. The summed E-state index contributed by atoms with van der Waals surface area (Å²) in [5.74, 6) is -0.125. The number of rotatable bonds is 3. The van der Waals surface area contributed by atoms with Gasteiger partial charge in [-0.2, -0.15) is 0 Å². The van der Waals surface area contributed by atoms with Crippen LogP contribution in [0.5, 0.6) is 0 Å². The zero-order valence-corrected chi connectivity index (χ0v) is 10.4. The molecule has 0 atom stereocenters. The number of hydrogen-bond donors (Lipinski definition) is 2. The molecule has 0 fully saturated rings. The number of nitrogens with one attached hydrogen (secondary N) is 2. The molecular formula is C15H12N2O2. The maximum absolute atomic E-state index is 12.3. The summed E-state index contributed by atoms with van der Waals surface area (Å²) in [7, 11) is 0. The van der Waals surface area contributed by atoms with Crippen LogP contribution in [0.25, 0.3) is 10.9 Å². The number of fused-ring (bicyclic) bond motifs is 1. The minimum atomic E-state index is -0.125. The van der Waals surface area contributed by atoms with E-state index < -0.39 is 0 Å². The van der Waals surface area contributed by atoms with Crippen LogP contribution in [0.1, 0.15) is 32.1 Å². The highest BCUT2D eigenvalue weighted by molar-refractivity contribution is 6.10. The number of aldehydes is 1. The lowest BCUT2D eigenvalue weighted by Gasteiger charge is -1.94. The standard InChI is InChI=1S/C15H12N2O2/c1-9-3-2-4-10-6-13(17-14(9)10)15(19)11-5-12(8-18)16-7-11/h2-8,16-17H,1H3. The fourth-order valence-corrected chi connectivity index (χ4v) is 2.20. The van der Waals surface area contributed by atoms with Crippen molar-refractivity contribution < 1.29 is 9.59 Å². The maximum atomic E-state index is 12.3. The van der Waals surface area contributed by atoms with Crippen LogP contribution >= 0.6 is 0 Å². The van der Waals surface area contributed by atoms with Crippen molar-refractivity contribution >= 4 is 23.0 Å². The number of benzene rings is 1. The first-order chi connectivity index (χ1) is 9.19. The second-order valence-corrected chi connectivity index (χ2v) is 4.51. The Hall–Kier alpha value is -2.62. The van der Waals surface area contributed by atoms with E-state index in [1.165, 1.54) is 0 Å². The molecule has 94 valence electrons. The molecule has 1 aromatic carbocycles. The van der Waals surface area contributed by atoms with Gasteiger partial charge in [-0.15, -0.1) is 0 Å². The summed E-state index contributed by atoms with van der Waals surface area (Å²) in [5, 5.41) is 1.01. The smallest absolute Gasteiger partial charge is 0.210 e. The van der Waals surface area contributed by atoms with Gasteiger partial charge in [0.15, 0.2) is 6.29 Å². The molecule has 0 aliphatic carbocycles. The second-order valence-electron chi connectivity index (χ2n) is 4.51. The van der Waals surface area contributed by atoms with E-state index in [1.54, 1.807) is 12.3 Å². The topological polar surface area (TPSA) is 65.7 Å². The molecule has 2 heterocycles. The summed E-state index contributed by atoms with van der Waals surface area (Å²) in [6.45, 7) is 1.99. The molecule has 0 saturated heterocycles. The summed E-state index contributed by atoms with van der Waals surface area (Å²) in [4.78, 5) is 28.8. The number of carbonyl (C=O) groups is 2. The lowest BCUT2D eigenvalue weighted by Crippen LogP contribution is -1.99. The average Bonchev–Trinajstić information content (AvgIpc) is 3.05. The quantitative estimate of drug-likeness (QED) is 0.556. The maximum Gasteiger partial charge on any atom is 0.210 e. The van der Waals surface area contributed by atoms with Crippen molar-refractivity contribution in [3.05, 3.63) is 59.0 Å². The zero-order valence-electron chi connectivity index (χ0n) is 10.4. The summed E-state index contributed by atoms with van der Waals surface area (Å²) in [5.41, 5.74) is 3.47. The van der Waals surface area contributed by atoms with Gasteiger partial charge in [-0.3, -0.25) is 9.59 Å². The van der Waals surface area contributed by atoms with Crippen LogP contribution < -0.4 is 0 Å². The van der Waals surface area contributed by atoms with Gasteiger partial charge in [0.2, 0.25) is 5.78 Å². The number of ketones is 1. The van der Waals surface area contributed by atoms with Crippen molar-refractivity contribution in [2.45, 2.75) is 6.92 Å². The van der Waals surface area contributed by atoms with Gasteiger partial charge in [-0.25, -0.2) is 0 Å². The van der Waals surface area contributed by atoms with E-state index >= 15 is 0 Å². The summed E-state index contributed by atoms with van der Waals surface area (Å²) >= 11 is 0. The SMILES string of the molecule is Cc1cccc2cc(C(=O)c3c[nH]c(C=O)c3)[nH]c12. The monoisotopic (exact) mass is 252 g/mol. The number of H-pyrrole nitrogens is 2. The van der Waals surface area contributed by atoms with Crippen molar-refractivity contribution in [2.75, 3.05) is 0 Å². The third-order valence-corrected chi connectivity index (χ3v) is 3.20. The highest BCUT2D eigenvalue weighted by Gasteiger charge is 2.14. The van der Waals surface area contributed by atoms with Gasteiger partial charge in [0.25, 0.3) is 0 Å². The minimum Gasteiger partial charge on any atom is -0.358 e. The fourth-order valence-electron chi connectivity index (χ4n) is 2.20. The lowest BCUT2D eigenvalue weighted by atomic mass is 10.1. The molecule has 4 heteroatoms. The first-order valence-corrected chi connectivity index (χ1v) is 5.95. The van der Waals surface area contributed by atoms with E-state index in [9.17, 15) is 9.59 Å². The van der Waals surface area contributed by atoms with E-state index in [2.05, 4.69) is 9.97 Å². The molecule has 0 aliphatic heterocycles. The van der Waals surface area contributed by atoms with Gasteiger partial charge in [0.1, 0.15) is 0 Å². The third-order valence-electron chi connectivity index (χ3n) is 3.20. The third kappa shape index (κ3) is 1.87. The molecular weight excluding hydrogens is 240 g/mol. The van der Waals surface area contributed by atoms with Gasteiger partial charge in [-0.05, 0) is 24.6 Å². The number of para-hydroxylation sites is 1. The predicted octanol–water partition coefficient (Wildman–Crippen LogP) is 2.85. The second kappa shape index (κ2) is 4.24. The number of aromatic amines is 2. The van der Waals surface area contributed by atoms with Crippen LogP contribution in [0.2, 0.25) is 0 Å². The first-order valence-electron chi connectivity index (χ1n) is 5.95.